The van der Waals surface area contributed by atoms with E-state index in [9.17, 15) is 13.2 Å². The number of anilines is 1. The Morgan fingerprint density at radius 2 is 1.88 bits per heavy atom. The van der Waals surface area contributed by atoms with Crippen molar-refractivity contribution < 1.29 is 17.9 Å². The van der Waals surface area contributed by atoms with Gasteiger partial charge in [0.2, 0.25) is 15.9 Å². The Labute approximate surface area is 151 Å². The average Bonchev–Trinajstić information content (AvgIpc) is 2.54. The predicted molar refractivity (Wildman–Crippen MR) is 100 cm³/mol. The first kappa shape index (κ1) is 21.6. The van der Waals surface area contributed by atoms with E-state index < -0.39 is 10.0 Å². The third kappa shape index (κ3) is 6.41. The first-order valence-electron chi connectivity index (χ1n) is 8.70. The summed E-state index contributed by atoms with van der Waals surface area (Å²) in [6.45, 7) is 11.2. The SMILES string of the molecule is CCN(CC)S(=O)(=O)c1cc(NC(=O)CCOCC(C)C)ccc1C. The van der Waals surface area contributed by atoms with Crippen LogP contribution in [0.25, 0.3) is 0 Å². The van der Waals surface area contributed by atoms with E-state index in [2.05, 4.69) is 5.32 Å². The summed E-state index contributed by atoms with van der Waals surface area (Å²) in [5.41, 5.74) is 1.13. The predicted octanol–water partition coefficient (Wildman–Crippen LogP) is 3.03. The average molecular weight is 371 g/mol. The van der Waals surface area contributed by atoms with Gasteiger partial charge in [-0.2, -0.15) is 4.31 Å². The molecule has 25 heavy (non-hydrogen) atoms. The van der Waals surface area contributed by atoms with Crippen LogP contribution in [-0.4, -0.2) is 44.9 Å². The maximum Gasteiger partial charge on any atom is 0.243 e. The number of carbonyl (C=O) groups is 1. The second kappa shape index (κ2) is 9.89. The van der Waals surface area contributed by atoms with Crippen LogP contribution in [0.4, 0.5) is 5.69 Å². The Hall–Kier alpha value is -1.44. The summed E-state index contributed by atoms with van der Waals surface area (Å²) < 4.78 is 32.2. The first-order valence-corrected chi connectivity index (χ1v) is 10.1. The van der Waals surface area contributed by atoms with Crippen molar-refractivity contribution in [2.75, 3.05) is 31.6 Å². The van der Waals surface area contributed by atoms with E-state index in [0.29, 0.717) is 43.5 Å². The van der Waals surface area contributed by atoms with Gasteiger partial charge in [-0.05, 0) is 30.5 Å². The van der Waals surface area contributed by atoms with Crippen LogP contribution in [-0.2, 0) is 19.6 Å². The number of hydrogen-bond donors (Lipinski definition) is 1. The van der Waals surface area contributed by atoms with Crippen LogP contribution >= 0.6 is 0 Å². The second-order valence-corrected chi connectivity index (χ2v) is 8.24. The fourth-order valence-electron chi connectivity index (χ4n) is 2.37. The van der Waals surface area contributed by atoms with Crippen molar-refractivity contribution in [3.63, 3.8) is 0 Å². The van der Waals surface area contributed by atoms with Gasteiger partial charge in [-0.3, -0.25) is 4.79 Å². The first-order chi connectivity index (χ1) is 11.7. The van der Waals surface area contributed by atoms with Crippen LogP contribution < -0.4 is 5.32 Å². The molecule has 1 amide bonds. The van der Waals surface area contributed by atoms with Crippen LogP contribution in [0.15, 0.2) is 23.1 Å². The van der Waals surface area contributed by atoms with Crippen molar-refractivity contribution >= 4 is 21.6 Å². The highest BCUT2D eigenvalue weighted by Gasteiger charge is 2.24. The zero-order valence-corrected chi connectivity index (χ0v) is 16.6. The van der Waals surface area contributed by atoms with Crippen molar-refractivity contribution in [1.82, 2.24) is 4.31 Å². The Kier molecular flexibility index (Phi) is 8.55. The lowest BCUT2D eigenvalue weighted by molar-refractivity contribution is -0.117. The van der Waals surface area contributed by atoms with Gasteiger partial charge in [-0.1, -0.05) is 33.8 Å². The van der Waals surface area contributed by atoms with Crippen molar-refractivity contribution in [3.05, 3.63) is 23.8 Å². The third-order valence-corrected chi connectivity index (χ3v) is 5.91. The molecular formula is C18H30N2O4S. The minimum Gasteiger partial charge on any atom is -0.381 e. The maximum absolute atomic E-state index is 12.7. The van der Waals surface area contributed by atoms with Gasteiger partial charge in [0, 0.05) is 25.4 Å². The molecule has 0 bridgehead atoms. The largest absolute Gasteiger partial charge is 0.381 e. The summed E-state index contributed by atoms with van der Waals surface area (Å²) in [6.07, 6.45) is 0.235. The molecule has 0 spiro atoms. The van der Waals surface area contributed by atoms with Crippen molar-refractivity contribution in [2.24, 2.45) is 5.92 Å². The summed E-state index contributed by atoms with van der Waals surface area (Å²) in [5.74, 6) is 0.229. The highest BCUT2D eigenvalue weighted by atomic mass is 32.2. The molecule has 6 nitrogen and oxygen atoms in total. The highest BCUT2D eigenvalue weighted by molar-refractivity contribution is 7.89. The van der Waals surface area contributed by atoms with E-state index >= 15 is 0 Å². The van der Waals surface area contributed by atoms with Gasteiger partial charge >= 0.3 is 0 Å². The van der Waals surface area contributed by atoms with Crippen LogP contribution in [0.2, 0.25) is 0 Å². The van der Waals surface area contributed by atoms with E-state index in [1.807, 2.05) is 13.8 Å². The molecule has 142 valence electrons. The highest BCUT2D eigenvalue weighted by Crippen LogP contribution is 2.23. The fraction of sp³-hybridized carbons (Fsp3) is 0.611. The van der Waals surface area contributed by atoms with Crippen LogP contribution in [0, 0.1) is 12.8 Å². The Balaban J connectivity index is 2.83. The minimum atomic E-state index is -3.56. The Morgan fingerprint density at radius 1 is 1.24 bits per heavy atom. The number of rotatable bonds is 10. The molecule has 0 saturated carbocycles. The zero-order chi connectivity index (χ0) is 19.0. The Bertz CT molecular complexity index is 668. The van der Waals surface area contributed by atoms with Gasteiger partial charge in [0.05, 0.1) is 17.9 Å². The van der Waals surface area contributed by atoms with Crippen LogP contribution in [0.1, 0.15) is 39.7 Å². The number of aryl methyl sites for hydroxylation is 1. The third-order valence-electron chi connectivity index (χ3n) is 3.72. The number of benzene rings is 1. The standard InChI is InChI=1S/C18H30N2O4S/c1-6-20(7-2)25(22,23)17-12-16(9-8-15(17)5)19-18(21)10-11-24-13-14(3)4/h8-9,12,14H,6-7,10-11,13H2,1-5H3,(H,19,21). The molecule has 0 saturated heterocycles. The topological polar surface area (TPSA) is 75.7 Å². The molecule has 0 aliphatic carbocycles. The van der Waals surface area contributed by atoms with E-state index in [1.165, 1.54) is 10.4 Å². The van der Waals surface area contributed by atoms with Gasteiger partial charge in [-0.15, -0.1) is 0 Å². The molecular weight excluding hydrogens is 340 g/mol. The van der Waals surface area contributed by atoms with E-state index in [-0.39, 0.29) is 17.2 Å². The molecule has 0 unspecified atom stereocenters. The van der Waals surface area contributed by atoms with Gasteiger partial charge in [0.25, 0.3) is 0 Å². The second-order valence-electron chi connectivity index (χ2n) is 6.34. The van der Waals surface area contributed by atoms with Crippen LogP contribution in [0.5, 0.6) is 0 Å². The molecule has 0 fully saturated rings. The molecule has 7 heteroatoms. The molecule has 1 rings (SSSR count). The molecule has 1 N–H and O–H groups in total. The molecule has 0 atom stereocenters. The molecule has 0 aromatic heterocycles. The minimum absolute atomic E-state index is 0.196. The maximum atomic E-state index is 12.7. The summed E-state index contributed by atoms with van der Waals surface area (Å²) >= 11 is 0. The normalized spacial score (nSPS) is 12.0. The summed E-state index contributed by atoms with van der Waals surface area (Å²) in [5, 5.41) is 2.74. The zero-order valence-electron chi connectivity index (χ0n) is 15.8. The number of ether oxygens (including phenoxy) is 1. The number of hydrogen-bond acceptors (Lipinski definition) is 4. The number of amides is 1. The molecule has 1 aromatic rings. The number of nitrogens with zero attached hydrogens (tertiary/aromatic N) is 1. The number of sulfonamides is 1. The molecule has 1 aromatic carbocycles. The Morgan fingerprint density at radius 3 is 2.44 bits per heavy atom. The van der Waals surface area contributed by atoms with Gasteiger partial charge < -0.3 is 10.1 Å². The monoisotopic (exact) mass is 370 g/mol. The molecule has 0 radical (unpaired) electrons. The van der Waals surface area contributed by atoms with Crippen molar-refractivity contribution in [3.8, 4) is 0 Å². The van der Waals surface area contributed by atoms with Crippen LogP contribution in [0.3, 0.4) is 0 Å². The molecule has 0 aliphatic rings. The summed E-state index contributed by atoms with van der Waals surface area (Å²) in [6, 6.07) is 4.95. The number of carbonyl (C=O) groups excluding carboxylic acids is 1. The van der Waals surface area contributed by atoms with E-state index in [4.69, 9.17) is 4.74 Å². The molecule has 0 aliphatic heterocycles. The van der Waals surface area contributed by atoms with Crippen molar-refractivity contribution in [1.29, 1.82) is 0 Å². The van der Waals surface area contributed by atoms with Gasteiger partial charge in [-0.25, -0.2) is 8.42 Å². The summed E-state index contributed by atoms with van der Waals surface area (Å²) in [7, 11) is -3.56. The van der Waals surface area contributed by atoms with Gasteiger partial charge in [0.15, 0.2) is 0 Å². The van der Waals surface area contributed by atoms with Gasteiger partial charge in [0.1, 0.15) is 0 Å². The lowest BCUT2D eigenvalue weighted by Gasteiger charge is -2.20. The van der Waals surface area contributed by atoms with Crippen molar-refractivity contribution in [2.45, 2.75) is 45.9 Å². The lowest BCUT2D eigenvalue weighted by atomic mass is 10.2. The molecule has 0 heterocycles. The summed E-state index contributed by atoms with van der Waals surface area (Å²) in [4.78, 5) is 12.2. The lowest BCUT2D eigenvalue weighted by Crippen LogP contribution is -2.31. The smallest absolute Gasteiger partial charge is 0.243 e. The quantitative estimate of drug-likeness (QED) is 0.642. The fourth-order valence-corrected chi connectivity index (χ4v) is 4.07. The number of nitrogens with one attached hydrogen (secondary N) is 1. The van der Waals surface area contributed by atoms with E-state index in [0.717, 1.165) is 0 Å². The van der Waals surface area contributed by atoms with E-state index in [1.54, 1.807) is 32.9 Å².